The van der Waals surface area contributed by atoms with Crippen molar-refractivity contribution in [3.63, 3.8) is 0 Å². The van der Waals surface area contributed by atoms with Crippen molar-refractivity contribution in [3.05, 3.63) is 35.5 Å². The highest BCUT2D eigenvalue weighted by atomic mass is 16.7. The number of ether oxygens (including phenoxy) is 2. The Hall–Kier alpha value is -1.89. The fraction of sp³-hybridized carbons (Fsp3) is 0.438. The molecule has 0 aliphatic carbocycles. The van der Waals surface area contributed by atoms with Crippen LogP contribution in [0.5, 0.6) is 0 Å². The molecule has 3 rings (SSSR count). The van der Waals surface area contributed by atoms with Gasteiger partial charge in [0, 0.05) is 43.7 Å². The highest BCUT2D eigenvalue weighted by molar-refractivity contribution is 5.86. The summed E-state index contributed by atoms with van der Waals surface area (Å²) < 4.78 is 10.5. The van der Waals surface area contributed by atoms with Gasteiger partial charge in [0.2, 0.25) is 0 Å². The van der Waals surface area contributed by atoms with Crippen molar-refractivity contribution in [1.82, 2.24) is 10.3 Å². The Balaban J connectivity index is 2.02. The summed E-state index contributed by atoms with van der Waals surface area (Å²) in [4.78, 5) is 14.9. The van der Waals surface area contributed by atoms with Gasteiger partial charge >= 0.3 is 5.97 Å². The minimum Gasteiger partial charge on any atom is -0.480 e. The molecule has 6 nitrogen and oxygen atoms in total. The van der Waals surface area contributed by atoms with Crippen molar-refractivity contribution < 1.29 is 19.4 Å². The van der Waals surface area contributed by atoms with Crippen molar-refractivity contribution in [3.8, 4) is 0 Å². The van der Waals surface area contributed by atoms with Gasteiger partial charge in [0.1, 0.15) is 6.04 Å². The average Bonchev–Trinajstić information content (AvgIpc) is 2.91. The Morgan fingerprint density at radius 1 is 1.36 bits per heavy atom. The Morgan fingerprint density at radius 3 is 2.77 bits per heavy atom. The van der Waals surface area contributed by atoms with E-state index in [0.29, 0.717) is 12.8 Å². The molecule has 0 fully saturated rings. The quantitative estimate of drug-likeness (QED) is 0.734. The number of methoxy groups -OCH3 is 2. The largest absolute Gasteiger partial charge is 0.480 e. The van der Waals surface area contributed by atoms with Gasteiger partial charge in [0.05, 0.1) is 6.04 Å². The molecule has 0 saturated carbocycles. The standard InChI is InChI=1S/C16H20N2O4/c1-21-14(22-2)8-12-15-10(7-13(17-12)16(19)20)9-5-3-4-6-11(9)18-15/h3-6,12-14,17-18H,7-8H2,1-2H3,(H,19,20)/t12-,13-/m0/s1. The van der Waals surface area contributed by atoms with Crippen LogP contribution in [0.3, 0.4) is 0 Å². The fourth-order valence-electron chi connectivity index (χ4n) is 3.15. The van der Waals surface area contributed by atoms with E-state index in [1.165, 1.54) is 0 Å². The number of nitrogens with one attached hydrogen (secondary N) is 2. The van der Waals surface area contributed by atoms with E-state index in [-0.39, 0.29) is 12.3 Å². The molecule has 2 heterocycles. The summed E-state index contributed by atoms with van der Waals surface area (Å²) >= 11 is 0. The molecular formula is C16H20N2O4. The van der Waals surface area contributed by atoms with E-state index in [1.807, 2.05) is 24.3 Å². The van der Waals surface area contributed by atoms with Crippen LogP contribution in [0, 0.1) is 0 Å². The van der Waals surface area contributed by atoms with Crippen molar-refractivity contribution in [2.24, 2.45) is 0 Å². The SMILES string of the molecule is COC(C[C@@H]1N[C@H](C(=O)O)Cc2c1[nH]c1ccccc21)OC. The molecular weight excluding hydrogens is 284 g/mol. The summed E-state index contributed by atoms with van der Waals surface area (Å²) in [5.74, 6) is -0.840. The lowest BCUT2D eigenvalue weighted by atomic mass is 9.92. The molecule has 1 aliphatic rings. The number of hydrogen-bond donors (Lipinski definition) is 3. The van der Waals surface area contributed by atoms with E-state index in [0.717, 1.165) is 22.2 Å². The minimum absolute atomic E-state index is 0.151. The van der Waals surface area contributed by atoms with Gasteiger partial charge in [-0.2, -0.15) is 0 Å². The van der Waals surface area contributed by atoms with E-state index >= 15 is 0 Å². The highest BCUT2D eigenvalue weighted by Crippen LogP contribution is 2.34. The number of carboxylic acid groups (broad SMARTS) is 1. The molecule has 0 spiro atoms. The molecule has 1 aromatic heterocycles. The second kappa shape index (κ2) is 6.08. The van der Waals surface area contributed by atoms with Crippen LogP contribution < -0.4 is 5.32 Å². The van der Waals surface area contributed by atoms with Crippen molar-refractivity contribution >= 4 is 16.9 Å². The maximum atomic E-state index is 11.5. The van der Waals surface area contributed by atoms with Gasteiger partial charge in [-0.15, -0.1) is 0 Å². The van der Waals surface area contributed by atoms with Crippen molar-refractivity contribution in [2.45, 2.75) is 31.2 Å². The first kappa shape index (κ1) is 15.0. The Kier molecular flexibility index (Phi) is 4.15. The van der Waals surface area contributed by atoms with Crippen LogP contribution in [-0.4, -0.2) is 42.6 Å². The zero-order valence-corrected chi connectivity index (χ0v) is 12.6. The predicted octanol–water partition coefficient (Wildman–Crippen LogP) is 1.82. The number of aliphatic carboxylic acids is 1. The number of aromatic amines is 1. The third kappa shape index (κ3) is 2.61. The monoisotopic (exact) mass is 304 g/mol. The van der Waals surface area contributed by atoms with E-state index < -0.39 is 12.0 Å². The van der Waals surface area contributed by atoms with Gasteiger partial charge < -0.3 is 19.6 Å². The second-order valence-electron chi connectivity index (χ2n) is 5.51. The smallest absolute Gasteiger partial charge is 0.321 e. The maximum Gasteiger partial charge on any atom is 0.321 e. The van der Waals surface area contributed by atoms with Gasteiger partial charge in [-0.25, -0.2) is 0 Å². The van der Waals surface area contributed by atoms with E-state index in [9.17, 15) is 9.90 Å². The number of H-pyrrole nitrogens is 1. The molecule has 0 bridgehead atoms. The number of hydrogen-bond acceptors (Lipinski definition) is 4. The van der Waals surface area contributed by atoms with Crippen LogP contribution in [0.1, 0.15) is 23.7 Å². The Labute approximate surface area is 128 Å². The summed E-state index contributed by atoms with van der Waals surface area (Å²) in [6.07, 6.45) is 0.621. The molecule has 6 heteroatoms. The van der Waals surface area contributed by atoms with E-state index in [2.05, 4.69) is 10.3 Å². The average molecular weight is 304 g/mol. The van der Waals surface area contributed by atoms with Gasteiger partial charge in [-0.1, -0.05) is 18.2 Å². The van der Waals surface area contributed by atoms with Gasteiger partial charge in [-0.05, 0) is 11.6 Å². The Morgan fingerprint density at radius 2 is 2.09 bits per heavy atom. The molecule has 2 aromatic rings. The van der Waals surface area contributed by atoms with Crippen molar-refractivity contribution in [2.75, 3.05) is 14.2 Å². The molecule has 1 aliphatic heterocycles. The number of fused-ring (bicyclic) bond motifs is 3. The summed E-state index contributed by atoms with van der Waals surface area (Å²) in [6.45, 7) is 0. The fourth-order valence-corrected chi connectivity index (χ4v) is 3.15. The van der Waals surface area contributed by atoms with Crippen molar-refractivity contribution in [1.29, 1.82) is 0 Å². The van der Waals surface area contributed by atoms with Crippen LogP contribution in [0.15, 0.2) is 24.3 Å². The molecule has 0 saturated heterocycles. The first-order valence-corrected chi connectivity index (χ1v) is 7.28. The molecule has 22 heavy (non-hydrogen) atoms. The zero-order valence-electron chi connectivity index (χ0n) is 12.6. The van der Waals surface area contributed by atoms with E-state index in [4.69, 9.17) is 9.47 Å². The lowest BCUT2D eigenvalue weighted by Crippen LogP contribution is -2.45. The van der Waals surface area contributed by atoms with E-state index in [1.54, 1.807) is 14.2 Å². The topological polar surface area (TPSA) is 83.6 Å². The zero-order chi connectivity index (χ0) is 15.7. The molecule has 2 atom stereocenters. The third-order valence-corrected chi connectivity index (χ3v) is 4.26. The summed E-state index contributed by atoms with van der Waals surface area (Å²) in [5.41, 5.74) is 3.12. The molecule has 0 unspecified atom stereocenters. The Bertz CT molecular complexity index is 678. The van der Waals surface area contributed by atoms with Gasteiger partial charge in [-0.3, -0.25) is 10.1 Å². The van der Waals surface area contributed by atoms with Gasteiger partial charge in [0.25, 0.3) is 0 Å². The third-order valence-electron chi connectivity index (χ3n) is 4.26. The molecule has 1 aromatic carbocycles. The summed E-state index contributed by atoms with van der Waals surface area (Å²) in [5, 5.41) is 13.7. The predicted molar refractivity (Wildman–Crippen MR) is 81.7 cm³/mol. The van der Waals surface area contributed by atoms with Crippen LogP contribution >= 0.6 is 0 Å². The minimum atomic E-state index is -0.840. The number of carboxylic acids is 1. The number of rotatable bonds is 5. The maximum absolute atomic E-state index is 11.5. The highest BCUT2D eigenvalue weighted by Gasteiger charge is 2.34. The normalized spacial score (nSPS) is 21.2. The lowest BCUT2D eigenvalue weighted by Gasteiger charge is -2.30. The molecule has 3 N–H and O–H groups in total. The summed E-state index contributed by atoms with van der Waals surface area (Å²) in [6, 6.07) is 7.21. The molecule has 0 amide bonds. The molecule has 0 radical (unpaired) electrons. The molecule has 118 valence electrons. The number of carbonyl (C=O) groups is 1. The first-order chi connectivity index (χ1) is 10.6. The number of para-hydroxylation sites is 1. The number of aromatic nitrogens is 1. The van der Waals surface area contributed by atoms with Crippen LogP contribution in [0.4, 0.5) is 0 Å². The second-order valence-corrected chi connectivity index (χ2v) is 5.51. The van der Waals surface area contributed by atoms with Crippen LogP contribution in [-0.2, 0) is 20.7 Å². The number of benzene rings is 1. The summed E-state index contributed by atoms with van der Waals surface area (Å²) in [7, 11) is 3.16. The van der Waals surface area contributed by atoms with Crippen LogP contribution in [0.25, 0.3) is 10.9 Å². The lowest BCUT2D eigenvalue weighted by molar-refractivity contribution is -0.140. The van der Waals surface area contributed by atoms with Gasteiger partial charge in [0.15, 0.2) is 6.29 Å². The first-order valence-electron chi connectivity index (χ1n) is 7.28. The van der Waals surface area contributed by atoms with Crippen LogP contribution in [0.2, 0.25) is 0 Å².